The average Bonchev–Trinajstić information content (AvgIpc) is 2.59. The van der Waals surface area contributed by atoms with Crippen LogP contribution in [-0.4, -0.2) is 25.1 Å². The Morgan fingerprint density at radius 3 is 2.29 bits per heavy atom. The van der Waals surface area contributed by atoms with Crippen LogP contribution in [0.15, 0.2) is 40.9 Å². The van der Waals surface area contributed by atoms with Crippen molar-refractivity contribution in [3.05, 3.63) is 62.1 Å². The number of methoxy groups -OCH3 is 2. The van der Waals surface area contributed by atoms with Gasteiger partial charge in [0.1, 0.15) is 22.6 Å². The van der Waals surface area contributed by atoms with Gasteiger partial charge in [-0.1, -0.05) is 12.1 Å². The molecule has 0 aromatic heterocycles. The number of nitro benzene ring substituents is 1. The van der Waals surface area contributed by atoms with Crippen molar-refractivity contribution in [2.45, 2.75) is 6.61 Å². The number of esters is 1. The lowest BCUT2D eigenvalue weighted by Gasteiger charge is -2.11. The molecule has 0 heterocycles. The molecule has 24 heavy (non-hydrogen) atoms. The third-order valence-corrected chi connectivity index (χ3v) is 4.01. The highest BCUT2D eigenvalue weighted by molar-refractivity contribution is 9.10. The minimum absolute atomic E-state index is 0.101. The van der Waals surface area contributed by atoms with Crippen molar-refractivity contribution in [2.24, 2.45) is 0 Å². The van der Waals surface area contributed by atoms with Gasteiger partial charge in [-0.25, -0.2) is 4.79 Å². The van der Waals surface area contributed by atoms with Crippen LogP contribution in [0.4, 0.5) is 5.69 Å². The second-order valence-electron chi connectivity index (χ2n) is 4.66. The lowest BCUT2D eigenvalue weighted by molar-refractivity contribution is -0.385. The van der Waals surface area contributed by atoms with Gasteiger partial charge in [-0.15, -0.1) is 0 Å². The van der Waals surface area contributed by atoms with Gasteiger partial charge in [-0.05, 0) is 34.1 Å². The molecule has 0 aliphatic rings. The molecule has 0 radical (unpaired) electrons. The molecule has 0 spiro atoms. The van der Waals surface area contributed by atoms with Gasteiger partial charge in [-0.2, -0.15) is 0 Å². The number of nitrogens with zero attached hydrogens (tertiary/aromatic N) is 1. The fourth-order valence-electron chi connectivity index (χ4n) is 2.02. The predicted molar refractivity (Wildman–Crippen MR) is 89.5 cm³/mol. The number of hydrogen-bond donors (Lipinski definition) is 0. The van der Waals surface area contributed by atoms with Gasteiger partial charge in [0, 0.05) is 6.07 Å². The Labute approximate surface area is 146 Å². The Balaban J connectivity index is 2.21. The van der Waals surface area contributed by atoms with Crippen LogP contribution < -0.4 is 9.47 Å². The molecule has 7 nitrogen and oxygen atoms in total. The third-order valence-electron chi connectivity index (χ3n) is 3.23. The summed E-state index contributed by atoms with van der Waals surface area (Å²) in [5, 5.41) is 11.0. The highest BCUT2D eigenvalue weighted by Crippen LogP contribution is 2.35. The van der Waals surface area contributed by atoms with E-state index in [2.05, 4.69) is 15.9 Å². The molecular formula is C16H14BrNO6. The summed E-state index contributed by atoms with van der Waals surface area (Å²) in [6.07, 6.45) is 0. The second-order valence-corrected chi connectivity index (χ2v) is 5.45. The molecule has 0 N–H and O–H groups in total. The van der Waals surface area contributed by atoms with E-state index in [9.17, 15) is 14.9 Å². The van der Waals surface area contributed by atoms with Crippen LogP contribution in [0, 0.1) is 10.1 Å². The summed E-state index contributed by atoms with van der Waals surface area (Å²) in [5.74, 6) is 0.177. The Morgan fingerprint density at radius 2 is 1.75 bits per heavy atom. The van der Waals surface area contributed by atoms with Gasteiger partial charge in [0.25, 0.3) is 5.69 Å². The van der Waals surface area contributed by atoms with Crippen molar-refractivity contribution in [2.75, 3.05) is 14.2 Å². The van der Waals surface area contributed by atoms with E-state index < -0.39 is 10.9 Å². The van der Waals surface area contributed by atoms with E-state index in [4.69, 9.17) is 14.2 Å². The number of carbonyl (C=O) groups is 1. The summed E-state index contributed by atoms with van der Waals surface area (Å²) in [7, 11) is 2.92. The van der Waals surface area contributed by atoms with E-state index in [1.807, 2.05) is 0 Å². The normalized spacial score (nSPS) is 10.1. The third kappa shape index (κ3) is 3.83. The van der Waals surface area contributed by atoms with Crippen molar-refractivity contribution < 1.29 is 23.9 Å². The van der Waals surface area contributed by atoms with E-state index in [0.29, 0.717) is 21.5 Å². The SMILES string of the molecule is COc1cc(C(=O)OCc2ccccc2[N+](=O)[O-])cc(OC)c1Br. The first-order chi connectivity index (χ1) is 11.5. The first-order valence-electron chi connectivity index (χ1n) is 6.79. The van der Waals surface area contributed by atoms with Crippen LogP contribution in [0.2, 0.25) is 0 Å². The van der Waals surface area contributed by atoms with Gasteiger partial charge in [0.05, 0.1) is 30.3 Å². The van der Waals surface area contributed by atoms with Gasteiger partial charge in [-0.3, -0.25) is 10.1 Å². The smallest absolute Gasteiger partial charge is 0.338 e. The maximum atomic E-state index is 12.2. The van der Waals surface area contributed by atoms with E-state index in [1.165, 1.54) is 38.5 Å². The standard InChI is InChI=1S/C16H14BrNO6/c1-22-13-7-11(8-14(23-2)15(13)17)16(19)24-9-10-5-3-4-6-12(10)18(20)21/h3-8H,9H2,1-2H3. The zero-order chi connectivity index (χ0) is 17.7. The second kappa shape index (κ2) is 7.78. The van der Waals surface area contributed by atoms with Crippen molar-refractivity contribution in [3.63, 3.8) is 0 Å². The molecule has 0 aliphatic carbocycles. The van der Waals surface area contributed by atoms with E-state index in [0.717, 1.165) is 0 Å². The molecule has 0 fully saturated rings. The van der Waals surface area contributed by atoms with Crippen LogP contribution in [0.25, 0.3) is 0 Å². The number of halogens is 1. The summed E-state index contributed by atoms with van der Waals surface area (Å²) in [5.41, 5.74) is 0.425. The highest BCUT2D eigenvalue weighted by atomic mass is 79.9. The molecule has 0 saturated heterocycles. The molecule has 0 aliphatic heterocycles. The summed E-state index contributed by atoms with van der Waals surface area (Å²) in [6.45, 7) is -0.212. The number of benzene rings is 2. The lowest BCUT2D eigenvalue weighted by atomic mass is 10.2. The number of hydrogen-bond acceptors (Lipinski definition) is 6. The Kier molecular flexibility index (Phi) is 5.75. The number of para-hydroxylation sites is 1. The number of rotatable bonds is 6. The zero-order valence-corrected chi connectivity index (χ0v) is 14.5. The van der Waals surface area contributed by atoms with Crippen LogP contribution in [0.1, 0.15) is 15.9 Å². The largest absolute Gasteiger partial charge is 0.495 e. The molecule has 2 aromatic carbocycles. The van der Waals surface area contributed by atoms with Crippen molar-refractivity contribution in [1.29, 1.82) is 0 Å². The topological polar surface area (TPSA) is 87.9 Å². The molecular weight excluding hydrogens is 382 g/mol. The van der Waals surface area contributed by atoms with Crippen molar-refractivity contribution in [3.8, 4) is 11.5 Å². The predicted octanol–water partition coefficient (Wildman–Crippen LogP) is 3.73. The van der Waals surface area contributed by atoms with E-state index in [-0.39, 0.29) is 17.9 Å². The van der Waals surface area contributed by atoms with E-state index in [1.54, 1.807) is 12.1 Å². The van der Waals surface area contributed by atoms with E-state index >= 15 is 0 Å². The maximum Gasteiger partial charge on any atom is 0.338 e. The van der Waals surface area contributed by atoms with Crippen molar-refractivity contribution >= 4 is 27.6 Å². The summed E-state index contributed by atoms with van der Waals surface area (Å²) in [6, 6.07) is 9.07. The maximum absolute atomic E-state index is 12.2. The first kappa shape index (κ1) is 17.7. The summed E-state index contributed by atoms with van der Waals surface area (Å²) < 4.78 is 16.1. The molecule has 0 amide bonds. The van der Waals surface area contributed by atoms with Crippen LogP contribution in [-0.2, 0) is 11.3 Å². The average molecular weight is 396 g/mol. The number of nitro groups is 1. The number of carbonyl (C=O) groups excluding carboxylic acids is 1. The molecule has 0 unspecified atom stereocenters. The van der Waals surface area contributed by atoms with Crippen LogP contribution in [0.3, 0.4) is 0 Å². The molecule has 0 saturated carbocycles. The lowest BCUT2D eigenvalue weighted by Crippen LogP contribution is -2.07. The molecule has 126 valence electrons. The van der Waals surface area contributed by atoms with Gasteiger partial charge in [0.15, 0.2) is 0 Å². The first-order valence-corrected chi connectivity index (χ1v) is 7.58. The minimum atomic E-state index is -0.641. The monoisotopic (exact) mass is 395 g/mol. The van der Waals surface area contributed by atoms with Crippen molar-refractivity contribution in [1.82, 2.24) is 0 Å². The Morgan fingerprint density at radius 1 is 1.17 bits per heavy atom. The molecule has 0 atom stereocenters. The molecule has 0 bridgehead atoms. The fourth-order valence-corrected chi connectivity index (χ4v) is 2.58. The molecule has 8 heteroatoms. The quantitative estimate of drug-likeness (QED) is 0.420. The summed E-state index contributed by atoms with van der Waals surface area (Å²) >= 11 is 3.31. The zero-order valence-electron chi connectivity index (χ0n) is 12.9. The molecule has 2 aromatic rings. The van der Waals surface area contributed by atoms with Gasteiger partial charge >= 0.3 is 5.97 Å². The molecule has 2 rings (SSSR count). The number of ether oxygens (including phenoxy) is 3. The Hall–Kier alpha value is -2.61. The summed E-state index contributed by atoms with van der Waals surface area (Å²) in [4.78, 5) is 22.7. The fraction of sp³-hybridized carbons (Fsp3) is 0.188. The Bertz CT molecular complexity index is 752. The minimum Gasteiger partial charge on any atom is -0.495 e. The van der Waals surface area contributed by atoms with Gasteiger partial charge < -0.3 is 14.2 Å². The van der Waals surface area contributed by atoms with Crippen LogP contribution >= 0.6 is 15.9 Å². The van der Waals surface area contributed by atoms with Crippen LogP contribution in [0.5, 0.6) is 11.5 Å². The van der Waals surface area contributed by atoms with Gasteiger partial charge in [0.2, 0.25) is 0 Å². The highest BCUT2D eigenvalue weighted by Gasteiger charge is 2.18.